The molecule has 0 spiro atoms. The van der Waals surface area contributed by atoms with Crippen molar-refractivity contribution in [3.8, 4) is 0 Å². The minimum absolute atomic E-state index is 0.0637. The standard InChI is InChI=1S/C9H17N3O/c1-9(2)11(3)8(13)7-6-10-4-5-12(7)9/h7,10H,4-6H2,1-3H3/t7-/m1/s1. The van der Waals surface area contributed by atoms with Crippen molar-refractivity contribution in [1.29, 1.82) is 0 Å². The lowest BCUT2D eigenvalue weighted by Gasteiger charge is -2.39. The molecule has 0 bridgehead atoms. The van der Waals surface area contributed by atoms with Crippen molar-refractivity contribution in [3.05, 3.63) is 0 Å². The molecule has 2 aliphatic rings. The Balaban J connectivity index is 2.29. The molecule has 0 aromatic carbocycles. The van der Waals surface area contributed by atoms with Gasteiger partial charge in [-0.05, 0) is 13.8 Å². The summed E-state index contributed by atoms with van der Waals surface area (Å²) < 4.78 is 0. The molecule has 2 rings (SSSR count). The molecule has 0 radical (unpaired) electrons. The van der Waals surface area contributed by atoms with Gasteiger partial charge in [0.1, 0.15) is 6.04 Å². The van der Waals surface area contributed by atoms with Crippen LogP contribution in [0.5, 0.6) is 0 Å². The molecule has 0 saturated carbocycles. The summed E-state index contributed by atoms with van der Waals surface area (Å²) in [5.74, 6) is 0.247. The zero-order valence-electron chi connectivity index (χ0n) is 8.50. The Hall–Kier alpha value is -0.610. The Bertz CT molecular complexity index is 239. The average molecular weight is 183 g/mol. The molecule has 74 valence electrons. The van der Waals surface area contributed by atoms with Crippen LogP contribution < -0.4 is 5.32 Å². The van der Waals surface area contributed by atoms with Crippen LogP contribution in [-0.4, -0.2) is 54.1 Å². The van der Waals surface area contributed by atoms with E-state index in [4.69, 9.17) is 0 Å². The molecule has 2 saturated heterocycles. The van der Waals surface area contributed by atoms with Crippen LogP contribution >= 0.6 is 0 Å². The number of hydrogen-bond acceptors (Lipinski definition) is 3. The fraction of sp³-hybridized carbons (Fsp3) is 0.889. The topological polar surface area (TPSA) is 35.6 Å². The molecule has 0 unspecified atom stereocenters. The van der Waals surface area contributed by atoms with Gasteiger partial charge in [-0.25, -0.2) is 0 Å². The van der Waals surface area contributed by atoms with Crippen LogP contribution in [0.3, 0.4) is 0 Å². The van der Waals surface area contributed by atoms with Gasteiger partial charge >= 0.3 is 0 Å². The van der Waals surface area contributed by atoms with Crippen molar-refractivity contribution in [3.63, 3.8) is 0 Å². The van der Waals surface area contributed by atoms with E-state index in [-0.39, 0.29) is 17.6 Å². The number of carbonyl (C=O) groups is 1. The van der Waals surface area contributed by atoms with E-state index in [9.17, 15) is 4.79 Å². The van der Waals surface area contributed by atoms with Gasteiger partial charge in [0.2, 0.25) is 5.91 Å². The Morgan fingerprint density at radius 1 is 1.54 bits per heavy atom. The van der Waals surface area contributed by atoms with Gasteiger partial charge in [-0.3, -0.25) is 9.69 Å². The highest BCUT2D eigenvalue weighted by Gasteiger charge is 2.49. The maximum Gasteiger partial charge on any atom is 0.242 e. The number of amides is 1. The minimum atomic E-state index is -0.107. The molecule has 1 amide bonds. The van der Waals surface area contributed by atoms with E-state index in [1.54, 1.807) is 0 Å². The van der Waals surface area contributed by atoms with Crippen molar-refractivity contribution in [1.82, 2.24) is 15.1 Å². The zero-order valence-corrected chi connectivity index (χ0v) is 8.50. The predicted molar refractivity (Wildman–Crippen MR) is 50.2 cm³/mol. The van der Waals surface area contributed by atoms with Crippen LogP contribution in [0.4, 0.5) is 0 Å². The number of carbonyl (C=O) groups excluding carboxylic acids is 1. The lowest BCUT2D eigenvalue weighted by Crippen LogP contribution is -2.56. The van der Waals surface area contributed by atoms with E-state index in [0.29, 0.717) is 0 Å². The van der Waals surface area contributed by atoms with E-state index >= 15 is 0 Å². The molecule has 2 aliphatic heterocycles. The van der Waals surface area contributed by atoms with Crippen LogP contribution in [0, 0.1) is 0 Å². The summed E-state index contributed by atoms with van der Waals surface area (Å²) in [6.45, 7) is 6.97. The molecule has 4 nitrogen and oxygen atoms in total. The van der Waals surface area contributed by atoms with E-state index in [0.717, 1.165) is 19.6 Å². The number of hydrogen-bond donors (Lipinski definition) is 1. The lowest BCUT2D eigenvalue weighted by atomic mass is 10.1. The average Bonchev–Trinajstić information content (AvgIpc) is 2.30. The van der Waals surface area contributed by atoms with Crippen LogP contribution in [0.1, 0.15) is 13.8 Å². The van der Waals surface area contributed by atoms with Crippen LogP contribution in [-0.2, 0) is 4.79 Å². The molecular weight excluding hydrogens is 166 g/mol. The molecule has 2 heterocycles. The fourth-order valence-electron chi connectivity index (χ4n) is 2.27. The Morgan fingerprint density at radius 3 is 2.85 bits per heavy atom. The van der Waals surface area contributed by atoms with E-state index in [1.165, 1.54) is 0 Å². The van der Waals surface area contributed by atoms with Gasteiger partial charge in [0, 0.05) is 26.7 Å². The molecule has 0 aromatic heterocycles. The maximum absolute atomic E-state index is 11.8. The second-order valence-electron chi connectivity index (χ2n) is 4.30. The zero-order chi connectivity index (χ0) is 9.64. The first-order valence-corrected chi connectivity index (χ1v) is 4.80. The van der Waals surface area contributed by atoms with Crippen molar-refractivity contribution in [2.75, 3.05) is 26.7 Å². The van der Waals surface area contributed by atoms with Gasteiger partial charge in [0.15, 0.2) is 0 Å². The quantitative estimate of drug-likeness (QED) is 0.548. The number of fused-ring (bicyclic) bond motifs is 1. The van der Waals surface area contributed by atoms with Gasteiger partial charge in [-0.1, -0.05) is 0 Å². The Labute approximate surface area is 78.9 Å². The fourth-order valence-corrected chi connectivity index (χ4v) is 2.27. The molecule has 1 N–H and O–H groups in total. The summed E-state index contributed by atoms with van der Waals surface area (Å²) in [5.41, 5.74) is -0.107. The van der Waals surface area contributed by atoms with Crippen LogP contribution in [0.2, 0.25) is 0 Å². The summed E-state index contributed by atoms with van der Waals surface area (Å²) >= 11 is 0. The summed E-state index contributed by atoms with van der Waals surface area (Å²) in [6.07, 6.45) is 0. The summed E-state index contributed by atoms with van der Waals surface area (Å²) in [7, 11) is 1.89. The molecule has 0 aromatic rings. The second-order valence-corrected chi connectivity index (χ2v) is 4.30. The third-order valence-corrected chi connectivity index (χ3v) is 3.38. The number of nitrogens with zero attached hydrogens (tertiary/aromatic N) is 2. The van der Waals surface area contributed by atoms with Gasteiger partial charge in [-0.2, -0.15) is 0 Å². The normalized spacial score (nSPS) is 33.6. The first-order chi connectivity index (χ1) is 6.05. The maximum atomic E-state index is 11.8. The largest absolute Gasteiger partial charge is 0.326 e. The van der Waals surface area contributed by atoms with Crippen molar-refractivity contribution < 1.29 is 4.79 Å². The second kappa shape index (κ2) is 2.69. The lowest BCUT2D eigenvalue weighted by molar-refractivity contribution is -0.129. The Kier molecular flexibility index (Phi) is 1.85. The number of rotatable bonds is 0. The van der Waals surface area contributed by atoms with Gasteiger partial charge in [-0.15, -0.1) is 0 Å². The van der Waals surface area contributed by atoms with Gasteiger partial charge < -0.3 is 10.2 Å². The SMILES string of the molecule is CN1C(=O)[C@H]2CNCCN2C1(C)C. The number of nitrogens with one attached hydrogen (secondary N) is 1. The highest BCUT2D eigenvalue weighted by molar-refractivity contribution is 5.85. The van der Waals surface area contributed by atoms with E-state index in [2.05, 4.69) is 24.1 Å². The first-order valence-electron chi connectivity index (χ1n) is 4.80. The molecular formula is C9H17N3O. The summed E-state index contributed by atoms with van der Waals surface area (Å²) in [6, 6.07) is 0.0637. The van der Waals surface area contributed by atoms with Crippen LogP contribution in [0.25, 0.3) is 0 Å². The molecule has 4 heteroatoms. The third kappa shape index (κ3) is 1.09. The van der Waals surface area contributed by atoms with Crippen LogP contribution in [0.15, 0.2) is 0 Å². The first kappa shape index (κ1) is 8.97. The predicted octanol–water partition coefficient (Wildman–Crippen LogP) is -0.532. The summed E-state index contributed by atoms with van der Waals surface area (Å²) in [5, 5.41) is 3.26. The van der Waals surface area contributed by atoms with Crippen molar-refractivity contribution in [2.24, 2.45) is 0 Å². The number of likely N-dealkylation sites (N-methyl/N-ethyl adjacent to an activating group) is 1. The third-order valence-electron chi connectivity index (χ3n) is 3.38. The molecule has 2 fully saturated rings. The van der Waals surface area contributed by atoms with Gasteiger partial charge in [0.25, 0.3) is 0 Å². The molecule has 0 aliphatic carbocycles. The highest BCUT2D eigenvalue weighted by Crippen LogP contribution is 2.30. The van der Waals surface area contributed by atoms with Crippen molar-refractivity contribution >= 4 is 5.91 Å². The van der Waals surface area contributed by atoms with E-state index in [1.807, 2.05) is 11.9 Å². The smallest absolute Gasteiger partial charge is 0.242 e. The molecule has 1 atom stereocenters. The number of piperazine rings is 1. The molecule has 13 heavy (non-hydrogen) atoms. The van der Waals surface area contributed by atoms with E-state index < -0.39 is 0 Å². The van der Waals surface area contributed by atoms with Crippen molar-refractivity contribution in [2.45, 2.75) is 25.6 Å². The highest BCUT2D eigenvalue weighted by atomic mass is 16.2. The Morgan fingerprint density at radius 2 is 2.23 bits per heavy atom. The summed E-state index contributed by atoms with van der Waals surface area (Å²) in [4.78, 5) is 15.9. The monoisotopic (exact) mass is 183 g/mol. The minimum Gasteiger partial charge on any atom is -0.326 e. The van der Waals surface area contributed by atoms with Gasteiger partial charge in [0.05, 0.1) is 5.66 Å².